The van der Waals surface area contributed by atoms with Gasteiger partial charge in [0.2, 0.25) is 0 Å². The van der Waals surface area contributed by atoms with Gasteiger partial charge in [0, 0.05) is 0 Å². The van der Waals surface area contributed by atoms with Gasteiger partial charge >= 0.3 is 0 Å². The molecule has 58 valence electrons. The Balaban J connectivity index is 2.39. The van der Waals surface area contributed by atoms with Crippen molar-refractivity contribution in [3.8, 4) is 0 Å². The molecule has 0 aromatic carbocycles. The standard InChI is InChI=1S/C8H14O2/c1-3-4-7(2)8-9-5-6-10-8/h4,8H,3,5-6H2,1-2H3. The van der Waals surface area contributed by atoms with Crippen molar-refractivity contribution in [2.45, 2.75) is 26.6 Å². The van der Waals surface area contributed by atoms with Crippen molar-refractivity contribution < 1.29 is 9.47 Å². The summed E-state index contributed by atoms with van der Waals surface area (Å²) in [6.07, 6.45) is 3.13. The SMILES string of the molecule is CCC=C(C)C1OCCO1. The molecular weight excluding hydrogens is 128 g/mol. The monoisotopic (exact) mass is 142 g/mol. The smallest absolute Gasteiger partial charge is 0.179 e. The number of hydrogen-bond donors (Lipinski definition) is 0. The van der Waals surface area contributed by atoms with Crippen molar-refractivity contribution in [3.05, 3.63) is 11.6 Å². The number of hydrogen-bond acceptors (Lipinski definition) is 2. The van der Waals surface area contributed by atoms with Gasteiger partial charge in [-0.25, -0.2) is 0 Å². The topological polar surface area (TPSA) is 18.5 Å². The van der Waals surface area contributed by atoms with Gasteiger partial charge in [0.1, 0.15) is 0 Å². The average molecular weight is 142 g/mol. The van der Waals surface area contributed by atoms with Crippen LogP contribution in [0.15, 0.2) is 11.6 Å². The van der Waals surface area contributed by atoms with E-state index in [2.05, 4.69) is 13.0 Å². The number of ether oxygens (including phenoxy) is 2. The van der Waals surface area contributed by atoms with Crippen LogP contribution < -0.4 is 0 Å². The summed E-state index contributed by atoms with van der Waals surface area (Å²) in [4.78, 5) is 0. The largest absolute Gasteiger partial charge is 0.346 e. The van der Waals surface area contributed by atoms with E-state index in [9.17, 15) is 0 Å². The molecule has 2 nitrogen and oxygen atoms in total. The second-order valence-electron chi connectivity index (χ2n) is 2.43. The van der Waals surface area contributed by atoms with E-state index in [0.29, 0.717) is 0 Å². The van der Waals surface area contributed by atoms with Gasteiger partial charge in [0.25, 0.3) is 0 Å². The second kappa shape index (κ2) is 3.74. The molecular formula is C8H14O2. The quantitative estimate of drug-likeness (QED) is 0.546. The lowest BCUT2D eigenvalue weighted by molar-refractivity contribution is -0.0112. The lowest BCUT2D eigenvalue weighted by Gasteiger charge is -2.07. The van der Waals surface area contributed by atoms with Gasteiger partial charge < -0.3 is 9.47 Å². The fraction of sp³-hybridized carbons (Fsp3) is 0.750. The predicted molar refractivity (Wildman–Crippen MR) is 39.7 cm³/mol. The van der Waals surface area contributed by atoms with Gasteiger partial charge in [-0.15, -0.1) is 0 Å². The van der Waals surface area contributed by atoms with Crippen molar-refractivity contribution in [1.29, 1.82) is 0 Å². The molecule has 0 saturated carbocycles. The first-order valence-electron chi connectivity index (χ1n) is 3.74. The summed E-state index contributed by atoms with van der Waals surface area (Å²) in [5.74, 6) is 0. The molecule has 0 aromatic rings. The maximum Gasteiger partial charge on any atom is 0.179 e. The molecule has 1 aliphatic rings. The molecule has 10 heavy (non-hydrogen) atoms. The Bertz CT molecular complexity index is 123. The summed E-state index contributed by atoms with van der Waals surface area (Å²) in [7, 11) is 0. The van der Waals surface area contributed by atoms with Crippen LogP contribution in [0.4, 0.5) is 0 Å². The van der Waals surface area contributed by atoms with E-state index in [-0.39, 0.29) is 6.29 Å². The maximum absolute atomic E-state index is 5.28. The average Bonchev–Trinajstić information content (AvgIpc) is 2.38. The Morgan fingerprint density at radius 1 is 1.50 bits per heavy atom. The third kappa shape index (κ3) is 1.82. The van der Waals surface area contributed by atoms with Gasteiger partial charge in [-0.1, -0.05) is 13.0 Å². The molecule has 0 radical (unpaired) electrons. The molecule has 1 heterocycles. The van der Waals surface area contributed by atoms with E-state index in [1.165, 1.54) is 5.57 Å². The third-order valence-corrected chi connectivity index (χ3v) is 1.52. The fourth-order valence-corrected chi connectivity index (χ4v) is 1.04. The highest BCUT2D eigenvalue weighted by atomic mass is 16.7. The Kier molecular flexibility index (Phi) is 2.90. The zero-order valence-electron chi connectivity index (χ0n) is 6.59. The summed E-state index contributed by atoms with van der Waals surface area (Å²) >= 11 is 0. The van der Waals surface area contributed by atoms with Crippen LogP contribution in [0.5, 0.6) is 0 Å². The Labute approximate surface area is 61.8 Å². The summed E-state index contributed by atoms with van der Waals surface area (Å²) in [5.41, 5.74) is 1.19. The molecule has 1 aliphatic heterocycles. The molecule has 0 unspecified atom stereocenters. The lowest BCUT2D eigenvalue weighted by Crippen LogP contribution is -2.08. The predicted octanol–water partition coefficient (Wildman–Crippen LogP) is 1.72. The Morgan fingerprint density at radius 3 is 2.60 bits per heavy atom. The molecule has 1 rings (SSSR count). The maximum atomic E-state index is 5.28. The van der Waals surface area contributed by atoms with Crippen LogP contribution in [0.3, 0.4) is 0 Å². The van der Waals surface area contributed by atoms with E-state index in [0.717, 1.165) is 19.6 Å². The minimum atomic E-state index is -0.0556. The van der Waals surface area contributed by atoms with Crippen molar-refractivity contribution in [2.24, 2.45) is 0 Å². The minimum Gasteiger partial charge on any atom is -0.346 e. The molecule has 0 aromatic heterocycles. The number of rotatable bonds is 2. The first-order chi connectivity index (χ1) is 4.84. The van der Waals surface area contributed by atoms with Crippen LogP contribution in [0.2, 0.25) is 0 Å². The van der Waals surface area contributed by atoms with Gasteiger partial charge in [0.15, 0.2) is 6.29 Å². The summed E-state index contributed by atoms with van der Waals surface area (Å²) in [5, 5.41) is 0. The first-order valence-corrected chi connectivity index (χ1v) is 3.74. The highest BCUT2D eigenvalue weighted by Crippen LogP contribution is 2.13. The Hall–Kier alpha value is -0.340. The van der Waals surface area contributed by atoms with Crippen molar-refractivity contribution in [2.75, 3.05) is 13.2 Å². The molecule has 1 fully saturated rings. The van der Waals surface area contributed by atoms with E-state index < -0.39 is 0 Å². The Morgan fingerprint density at radius 2 is 2.10 bits per heavy atom. The van der Waals surface area contributed by atoms with Crippen molar-refractivity contribution >= 4 is 0 Å². The lowest BCUT2D eigenvalue weighted by atomic mass is 10.2. The normalized spacial score (nSPS) is 22.0. The highest BCUT2D eigenvalue weighted by molar-refractivity contribution is 5.01. The summed E-state index contributed by atoms with van der Waals surface area (Å²) in [6, 6.07) is 0. The molecule has 0 aliphatic carbocycles. The van der Waals surface area contributed by atoms with Gasteiger partial charge in [-0.3, -0.25) is 0 Å². The zero-order chi connectivity index (χ0) is 7.40. The number of allylic oxidation sites excluding steroid dienone is 1. The summed E-state index contributed by atoms with van der Waals surface area (Å²) < 4.78 is 10.6. The van der Waals surface area contributed by atoms with Crippen LogP contribution in [0.25, 0.3) is 0 Å². The van der Waals surface area contributed by atoms with Crippen LogP contribution >= 0.6 is 0 Å². The van der Waals surface area contributed by atoms with E-state index >= 15 is 0 Å². The third-order valence-electron chi connectivity index (χ3n) is 1.52. The molecule has 0 atom stereocenters. The molecule has 0 bridgehead atoms. The molecule has 0 amide bonds. The van der Waals surface area contributed by atoms with E-state index in [4.69, 9.17) is 9.47 Å². The van der Waals surface area contributed by atoms with Gasteiger partial charge in [-0.05, 0) is 18.9 Å². The molecule has 0 spiro atoms. The molecule has 2 heteroatoms. The van der Waals surface area contributed by atoms with E-state index in [1.54, 1.807) is 0 Å². The first kappa shape index (κ1) is 7.76. The van der Waals surface area contributed by atoms with Crippen LogP contribution in [0.1, 0.15) is 20.3 Å². The summed E-state index contributed by atoms with van der Waals surface area (Å²) in [6.45, 7) is 5.62. The fourth-order valence-electron chi connectivity index (χ4n) is 1.04. The van der Waals surface area contributed by atoms with Gasteiger partial charge in [-0.2, -0.15) is 0 Å². The molecule has 0 N–H and O–H groups in total. The highest BCUT2D eigenvalue weighted by Gasteiger charge is 2.16. The van der Waals surface area contributed by atoms with Crippen LogP contribution in [-0.4, -0.2) is 19.5 Å². The minimum absolute atomic E-state index is 0.0556. The second-order valence-corrected chi connectivity index (χ2v) is 2.43. The van der Waals surface area contributed by atoms with Crippen molar-refractivity contribution in [3.63, 3.8) is 0 Å². The van der Waals surface area contributed by atoms with E-state index in [1.807, 2.05) is 6.92 Å². The molecule has 1 saturated heterocycles. The van der Waals surface area contributed by atoms with Crippen LogP contribution in [-0.2, 0) is 9.47 Å². The zero-order valence-corrected chi connectivity index (χ0v) is 6.59. The van der Waals surface area contributed by atoms with Gasteiger partial charge in [0.05, 0.1) is 13.2 Å². The van der Waals surface area contributed by atoms with Crippen LogP contribution in [0, 0.1) is 0 Å². The van der Waals surface area contributed by atoms with Crippen molar-refractivity contribution in [1.82, 2.24) is 0 Å².